The summed E-state index contributed by atoms with van der Waals surface area (Å²) in [5.41, 5.74) is 13.5. The molecule has 39 heavy (non-hydrogen) atoms. The minimum Gasteiger partial charge on any atom is -0.384 e. The van der Waals surface area contributed by atoms with Gasteiger partial charge in [-0.15, -0.1) is 11.8 Å². The van der Waals surface area contributed by atoms with Crippen LogP contribution < -0.4 is 10.6 Å². The van der Waals surface area contributed by atoms with E-state index < -0.39 is 5.92 Å². The van der Waals surface area contributed by atoms with Crippen molar-refractivity contribution in [3.63, 3.8) is 0 Å². The fourth-order valence-electron chi connectivity index (χ4n) is 5.44. The first-order valence-corrected chi connectivity index (χ1v) is 14.7. The van der Waals surface area contributed by atoms with Crippen LogP contribution in [0.2, 0.25) is 15.1 Å². The van der Waals surface area contributed by atoms with E-state index >= 15 is 0 Å². The van der Waals surface area contributed by atoms with E-state index in [1.54, 1.807) is 36.0 Å². The van der Waals surface area contributed by atoms with Crippen LogP contribution in [-0.2, 0) is 10.5 Å². The molecule has 0 saturated carbocycles. The number of hydrogen-bond acceptors (Lipinski definition) is 5. The number of nitrogens with two attached hydrogens (primary N) is 1. The van der Waals surface area contributed by atoms with Crippen molar-refractivity contribution in [2.24, 2.45) is 5.73 Å². The van der Waals surface area contributed by atoms with E-state index in [9.17, 15) is 10.1 Å². The van der Waals surface area contributed by atoms with Crippen molar-refractivity contribution in [2.75, 3.05) is 4.90 Å². The second-order valence-corrected chi connectivity index (χ2v) is 12.1. The number of hydrogen-bond donors (Lipinski definition) is 1. The van der Waals surface area contributed by atoms with Gasteiger partial charge >= 0.3 is 0 Å². The number of rotatable bonds is 5. The van der Waals surface area contributed by atoms with Crippen molar-refractivity contribution in [3.8, 4) is 6.07 Å². The molecule has 2 N–H and O–H groups in total. The lowest BCUT2D eigenvalue weighted by atomic mass is 9.73. The number of halogens is 3. The van der Waals surface area contributed by atoms with Gasteiger partial charge in [0.1, 0.15) is 5.82 Å². The van der Waals surface area contributed by atoms with Crippen molar-refractivity contribution >= 4 is 58.0 Å². The first kappa shape index (κ1) is 27.7. The predicted molar refractivity (Wildman–Crippen MR) is 161 cm³/mol. The Morgan fingerprint density at radius 3 is 2.46 bits per heavy atom. The van der Waals surface area contributed by atoms with E-state index in [-0.39, 0.29) is 5.78 Å². The van der Waals surface area contributed by atoms with E-state index in [4.69, 9.17) is 40.5 Å². The fraction of sp³-hybridized carbons (Fsp3) is 0.226. The molecular weight excluding hydrogens is 569 g/mol. The summed E-state index contributed by atoms with van der Waals surface area (Å²) in [4.78, 5) is 16.3. The minimum absolute atomic E-state index is 0.0583. The second-order valence-electron chi connectivity index (χ2n) is 9.79. The molecule has 0 spiro atoms. The van der Waals surface area contributed by atoms with Crippen molar-refractivity contribution in [1.82, 2.24) is 0 Å². The summed E-state index contributed by atoms with van der Waals surface area (Å²) in [6.45, 7) is 4.08. The van der Waals surface area contributed by atoms with Crippen LogP contribution in [0.3, 0.4) is 0 Å². The first-order valence-electron chi connectivity index (χ1n) is 12.6. The second kappa shape index (κ2) is 11.3. The zero-order valence-electron chi connectivity index (χ0n) is 21.5. The Balaban J connectivity index is 1.63. The standard InChI is InChI=1S/C31H26Cl3N3OS/c1-17-12-19(16-39-28-14-21(33)8-11-25(28)34)18(2)23(13-17)29-24(15-35)31(36)37(22-9-6-20(32)7-10-22)26-4-3-5-27(38)30(26)29/h6-14,29H,3-5,16,36H2,1-2H3. The van der Waals surface area contributed by atoms with Gasteiger partial charge in [-0.25, -0.2) is 0 Å². The maximum atomic E-state index is 13.6. The maximum Gasteiger partial charge on any atom is 0.161 e. The van der Waals surface area contributed by atoms with Crippen LogP contribution in [0.4, 0.5) is 5.69 Å². The Kier molecular flexibility index (Phi) is 8.03. The summed E-state index contributed by atoms with van der Waals surface area (Å²) in [5.74, 6) is 0.536. The van der Waals surface area contributed by atoms with Gasteiger partial charge in [-0.3, -0.25) is 9.69 Å². The zero-order valence-corrected chi connectivity index (χ0v) is 24.6. The highest BCUT2D eigenvalue weighted by molar-refractivity contribution is 7.98. The number of nitriles is 1. The topological polar surface area (TPSA) is 70.1 Å². The van der Waals surface area contributed by atoms with Gasteiger partial charge in [-0.05, 0) is 85.8 Å². The van der Waals surface area contributed by atoms with Crippen molar-refractivity contribution in [2.45, 2.75) is 49.7 Å². The Labute approximate surface area is 248 Å². The van der Waals surface area contributed by atoms with Gasteiger partial charge in [0.15, 0.2) is 5.78 Å². The van der Waals surface area contributed by atoms with Gasteiger partial charge in [0, 0.05) is 44.1 Å². The van der Waals surface area contributed by atoms with E-state index in [2.05, 4.69) is 25.1 Å². The largest absolute Gasteiger partial charge is 0.384 e. The van der Waals surface area contributed by atoms with Gasteiger partial charge in [-0.2, -0.15) is 5.26 Å². The Morgan fingerprint density at radius 1 is 1.03 bits per heavy atom. The number of Topliss-reactive ketones (excluding diaryl/α,β-unsaturated/α-hetero) is 1. The fourth-order valence-corrected chi connectivity index (χ4v) is 7.11. The molecule has 4 nitrogen and oxygen atoms in total. The van der Waals surface area contributed by atoms with Crippen LogP contribution in [0.5, 0.6) is 0 Å². The highest BCUT2D eigenvalue weighted by Crippen LogP contribution is 2.48. The van der Waals surface area contributed by atoms with Crippen molar-refractivity contribution < 1.29 is 4.79 Å². The number of nitrogens with zero attached hydrogens (tertiary/aromatic N) is 2. The first-order chi connectivity index (χ1) is 18.7. The van der Waals surface area contributed by atoms with Crippen molar-refractivity contribution in [3.05, 3.63) is 115 Å². The summed E-state index contributed by atoms with van der Waals surface area (Å²) in [5, 5.41) is 12.3. The van der Waals surface area contributed by atoms with Crippen LogP contribution in [-0.4, -0.2) is 5.78 Å². The van der Waals surface area contributed by atoms with Crippen LogP contribution >= 0.6 is 46.6 Å². The SMILES string of the molecule is Cc1cc(CSc2cc(Cl)ccc2Cl)c(C)c(C2C(C#N)=C(N)N(c3ccc(Cl)cc3)C3=C2C(=O)CCC3)c1. The van der Waals surface area contributed by atoms with Gasteiger partial charge in [-0.1, -0.05) is 52.5 Å². The average molecular weight is 595 g/mol. The number of anilines is 1. The predicted octanol–water partition coefficient (Wildman–Crippen LogP) is 8.86. The van der Waals surface area contributed by atoms with Gasteiger partial charge in [0.05, 0.1) is 22.6 Å². The summed E-state index contributed by atoms with van der Waals surface area (Å²) >= 11 is 20.4. The minimum atomic E-state index is -0.528. The van der Waals surface area contributed by atoms with E-state index in [1.165, 1.54) is 0 Å². The molecule has 0 aromatic heterocycles. The zero-order chi connectivity index (χ0) is 27.8. The monoisotopic (exact) mass is 593 g/mol. The van der Waals surface area contributed by atoms with Crippen LogP contribution in [0, 0.1) is 25.2 Å². The van der Waals surface area contributed by atoms with Crippen LogP contribution in [0.15, 0.2) is 82.2 Å². The lowest BCUT2D eigenvalue weighted by Crippen LogP contribution is -2.39. The molecule has 0 amide bonds. The summed E-state index contributed by atoms with van der Waals surface area (Å²) in [6, 6.07) is 19.3. The molecule has 0 radical (unpaired) electrons. The number of allylic oxidation sites excluding steroid dienone is 3. The van der Waals surface area contributed by atoms with E-state index in [0.717, 1.165) is 45.0 Å². The number of carbonyl (C=O) groups excluding carboxylic acids is 1. The third-order valence-corrected chi connectivity index (χ3v) is 9.32. The Morgan fingerprint density at radius 2 is 1.74 bits per heavy atom. The van der Waals surface area contributed by atoms with Crippen LogP contribution in [0.1, 0.15) is 47.4 Å². The molecule has 0 fully saturated rings. The number of carbonyl (C=O) groups is 1. The molecule has 0 saturated heterocycles. The molecule has 5 rings (SSSR count). The van der Waals surface area contributed by atoms with Gasteiger partial charge < -0.3 is 5.73 Å². The van der Waals surface area contributed by atoms with Gasteiger partial charge in [0.2, 0.25) is 0 Å². The molecule has 0 bridgehead atoms. The van der Waals surface area contributed by atoms with E-state index in [0.29, 0.717) is 50.6 Å². The molecule has 1 heterocycles. The Bertz CT molecular complexity index is 1590. The summed E-state index contributed by atoms with van der Waals surface area (Å²) < 4.78 is 0. The highest BCUT2D eigenvalue weighted by atomic mass is 35.5. The normalized spacial score (nSPS) is 17.4. The highest BCUT2D eigenvalue weighted by Gasteiger charge is 2.41. The molecule has 1 unspecified atom stereocenters. The molecule has 198 valence electrons. The average Bonchev–Trinajstić information content (AvgIpc) is 2.91. The Hall–Kier alpha value is -2.88. The lowest BCUT2D eigenvalue weighted by molar-refractivity contribution is -0.116. The third-order valence-electron chi connectivity index (χ3n) is 7.29. The number of ketones is 1. The summed E-state index contributed by atoms with van der Waals surface area (Å²) in [7, 11) is 0. The van der Waals surface area contributed by atoms with Gasteiger partial charge in [0.25, 0.3) is 0 Å². The molecule has 1 aliphatic heterocycles. The maximum absolute atomic E-state index is 13.6. The lowest BCUT2D eigenvalue weighted by Gasteiger charge is -2.40. The molecule has 1 aliphatic carbocycles. The molecule has 3 aromatic carbocycles. The quantitative estimate of drug-likeness (QED) is 0.299. The smallest absolute Gasteiger partial charge is 0.161 e. The number of thioether (sulfide) groups is 1. The molecule has 3 aromatic rings. The molecule has 2 aliphatic rings. The van der Waals surface area contributed by atoms with Crippen molar-refractivity contribution in [1.29, 1.82) is 5.26 Å². The van der Waals surface area contributed by atoms with Crippen LogP contribution in [0.25, 0.3) is 0 Å². The molecule has 1 atom stereocenters. The molecule has 8 heteroatoms. The van der Waals surface area contributed by atoms with E-state index in [1.807, 2.05) is 30.0 Å². The third kappa shape index (κ3) is 5.32. The summed E-state index contributed by atoms with van der Waals surface area (Å²) in [6.07, 6.45) is 1.88. The number of aryl methyl sites for hydroxylation is 1. The number of benzene rings is 3. The molecular formula is C31H26Cl3N3OS.